The van der Waals surface area contributed by atoms with Crippen LogP contribution in [0.25, 0.3) is 11.1 Å². The minimum absolute atomic E-state index is 0.282. The monoisotopic (exact) mass is 225 g/mol. The molecule has 0 saturated carbocycles. The van der Waals surface area contributed by atoms with Gasteiger partial charge in [-0.3, -0.25) is 4.79 Å². The number of carbonyl (C=O) groups excluding carboxylic acids is 1. The molecule has 0 aliphatic rings. The van der Waals surface area contributed by atoms with Crippen LogP contribution in [0.15, 0.2) is 48.5 Å². The molecule has 1 amide bonds. The van der Waals surface area contributed by atoms with E-state index in [0.29, 0.717) is 0 Å². The zero-order chi connectivity index (χ0) is 12.3. The summed E-state index contributed by atoms with van der Waals surface area (Å²) in [7, 11) is 0. The quantitative estimate of drug-likeness (QED) is 0.857. The second-order valence-corrected chi connectivity index (χ2v) is 4.17. The first-order valence-corrected chi connectivity index (χ1v) is 5.60. The third-order valence-electron chi connectivity index (χ3n) is 2.74. The predicted octanol–water partition coefficient (Wildman–Crippen LogP) is 2.69. The van der Waals surface area contributed by atoms with Gasteiger partial charge < -0.3 is 5.73 Å². The van der Waals surface area contributed by atoms with E-state index in [1.54, 1.807) is 0 Å². The Morgan fingerprint density at radius 3 is 2.35 bits per heavy atom. The number of aryl methyl sites for hydroxylation is 1. The first-order valence-electron chi connectivity index (χ1n) is 5.60. The Morgan fingerprint density at radius 2 is 1.71 bits per heavy atom. The van der Waals surface area contributed by atoms with Gasteiger partial charge in [-0.05, 0) is 23.6 Å². The van der Waals surface area contributed by atoms with Gasteiger partial charge in [-0.2, -0.15) is 0 Å². The van der Waals surface area contributed by atoms with Crippen LogP contribution >= 0.6 is 0 Å². The van der Waals surface area contributed by atoms with Crippen LogP contribution < -0.4 is 5.73 Å². The lowest BCUT2D eigenvalue weighted by Crippen LogP contribution is -2.14. The minimum Gasteiger partial charge on any atom is -0.369 e. The van der Waals surface area contributed by atoms with Gasteiger partial charge in [0.2, 0.25) is 5.91 Å². The van der Waals surface area contributed by atoms with E-state index in [1.165, 1.54) is 5.56 Å². The van der Waals surface area contributed by atoms with Crippen LogP contribution in [0.1, 0.15) is 11.1 Å². The predicted molar refractivity (Wildman–Crippen MR) is 69.5 cm³/mol. The van der Waals surface area contributed by atoms with E-state index in [0.717, 1.165) is 16.7 Å². The summed E-state index contributed by atoms with van der Waals surface area (Å²) in [5.41, 5.74) is 9.65. The van der Waals surface area contributed by atoms with Gasteiger partial charge in [-0.15, -0.1) is 0 Å². The molecule has 17 heavy (non-hydrogen) atoms. The number of carbonyl (C=O) groups is 1. The summed E-state index contributed by atoms with van der Waals surface area (Å²) in [6, 6.07) is 16.1. The lowest BCUT2D eigenvalue weighted by Gasteiger charge is -2.08. The molecule has 0 fully saturated rings. The van der Waals surface area contributed by atoms with E-state index in [-0.39, 0.29) is 12.3 Å². The van der Waals surface area contributed by atoms with Crippen LogP contribution in [-0.2, 0) is 11.2 Å². The summed E-state index contributed by atoms with van der Waals surface area (Å²) in [5.74, 6) is -0.301. The molecule has 0 spiro atoms. The van der Waals surface area contributed by atoms with Gasteiger partial charge in [0.25, 0.3) is 0 Å². The third kappa shape index (κ3) is 2.72. The van der Waals surface area contributed by atoms with Crippen LogP contribution in [0.5, 0.6) is 0 Å². The van der Waals surface area contributed by atoms with Crippen LogP contribution in [0.2, 0.25) is 0 Å². The Kier molecular flexibility index (Phi) is 3.24. The summed E-state index contributed by atoms with van der Waals surface area (Å²) in [5, 5.41) is 0. The van der Waals surface area contributed by atoms with E-state index < -0.39 is 0 Å². The summed E-state index contributed by atoms with van der Waals surface area (Å²) >= 11 is 0. The summed E-state index contributed by atoms with van der Waals surface area (Å²) in [6.45, 7) is 2.05. The smallest absolute Gasteiger partial charge is 0.221 e. The lowest BCUT2D eigenvalue weighted by molar-refractivity contribution is -0.117. The van der Waals surface area contributed by atoms with Crippen molar-refractivity contribution in [1.29, 1.82) is 0 Å². The molecule has 0 saturated heterocycles. The Labute approximate surface area is 101 Å². The van der Waals surface area contributed by atoms with Gasteiger partial charge in [-0.1, -0.05) is 54.1 Å². The van der Waals surface area contributed by atoms with Crippen molar-refractivity contribution >= 4 is 5.91 Å². The topological polar surface area (TPSA) is 43.1 Å². The molecule has 2 N–H and O–H groups in total. The van der Waals surface area contributed by atoms with Crippen molar-refractivity contribution in [2.75, 3.05) is 0 Å². The first-order chi connectivity index (χ1) is 8.16. The molecule has 0 aliphatic carbocycles. The van der Waals surface area contributed by atoms with E-state index in [9.17, 15) is 4.79 Å². The third-order valence-corrected chi connectivity index (χ3v) is 2.74. The van der Waals surface area contributed by atoms with Crippen molar-refractivity contribution in [2.24, 2.45) is 5.73 Å². The Balaban J connectivity index is 2.44. The molecule has 2 nitrogen and oxygen atoms in total. The SMILES string of the molecule is Cc1ccc(-c2ccccc2CC(N)=O)cc1. The van der Waals surface area contributed by atoms with E-state index in [4.69, 9.17) is 5.73 Å². The zero-order valence-electron chi connectivity index (χ0n) is 9.81. The average molecular weight is 225 g/mol. The second kappa shape index (κ2) is 4.83. The van der Waals surface area contributed by atoms with E-state index >= 15 is 0 Å². The number of amides is 1. The highest BCUT2D eigenvalue weighted by Gasteiger charge is 2.06. The molecule has 0 heterocycles. The number of nitrogens with two attached hydrogens (primary N) is 1. The van der Waals surface area contributed by atoms with Gasteiger partial charge in [0.1, 0.15) is 0 Å². The highest BCUT2D eigenvalue weighted by molar-refractivity contribution is 5.80. The molecule has 86 valence electrons. The van der Waals surface area contributed by atoms with Gasteiger partial charge in [0, 0.05) is 0 Å². The fourth-order valence-electron chi connectivity index (χ4n) is 1.88. The fraction of sp³-hybridized carbons (Fsp3) is 0.133. The zero-order valence-corrected chi connectivity index (χ0v) is 9.81. The second-order valence-electron chi connectivity index (χ2n) is 4.17. The molecule has 2 aromatic rings. The van der Waals surface area contributed by atoms with Crippen molar-refractivity contribution in [3.8, 4) is 11.1 Å². The number of rotatable bonds is 3. The Hall–Kier alpha value is -2.09. The summed E-state index contributed by atoms with van der Waals surface area (Å²) in [6.07, 6.45) is 0.282. The maximum atomic E-state index is 11.0. The van der Waals surface area contributed by atoms with Crippen molar-refractivity contribution in [3.63, 3.8) is 0 Å². The molecule has 2 heteroatoms. The van der Waals surface area contributed by atoms with Crippen molar-refractivity contribution in [2.45, 2.75) is 13.3 Å². The van der Waals surface area contributed by atoms with Gasteiger partial charge in [0.05, 0.1) is 6.42 Å². The number of hydrogen-bond donors (Lipinski definition) is 1. The Morgan fingerprint density at radius 1 is 1.06 bits per heavy atom. The van der Waals surface area contributed by atoms with Crippen LogP contribution in [0, 0.1) is 6.92 Å². The molecule has 2 rings (SSSR count). The summed E-state index contributed by atoms with van der Waals surface area (Å²) < 4.78 is 0. The molecule has 0 bridgehead atoms. The van der Waals surface area contributed by atoms with Crippen LogP contribution in [0.4, 0.5) is 0 Å². The van der Waals surface area contributed by atoms with E-state index in [1.807, 2.05) is 24.3 Å². The fourth-order valence-corrected chi connectivity index (χ4v) is 1.88. The van der Waals surface area contributed by atoms with Crippen molar-refractivity contribution in [1.82, 2.24) is 0 Å². The number of hydrogen-bond acceptors (Lipinski definition) is 1. The largest absolute Gasteiger partial charge is 0.369 e. The van der Waals surface area contributed by atoms with Gasteiger partial charge in [-0.25, -0.2) is 0 Å². The number of benzene rings is 2. The maximum absolute atomic E-state index is 11.0. The molecular formula is C15H15NO. The molecule has 0 aromatic heterocycles. The van der Waals surface area contributed by atoms with Crippen molar-refractivity contribution < 1.29 is 4.79 Å². The van der Waals surface area contributed by atoms with Gasteiger partial charge >= 0.3 is 0 Å². The molecule has 0 aliphatic heterocycles. The molecular weight excluding hydrogens is 210 g/mol. The van der Waals surface area contributed by atoms with Crippen molar-refractivity contribution in [3.05, 3.63) is 59.7 Å². The average Bonchev–Trinajstić information content (AvgIpc) is 2.30. The van der Waals surface area contributed by atoms with Gasteiger partial charge in [0.15, 0.2) is 0 Å². The van der Waals surface area contributed by atoms with E-state index in [2.05, 4.69) is 31.2 Å². The minimum atomic E-state index is -0.301. The highest BCUT2D eigenvalue weighted by atomic mass is 16.1. The van der Waals surface area contributed by atoms with Crippen LogP contribution in [-0.4, -0.2) is 5.91 Å². The lowest BCUT2D eigenvalue weighted by atomic mass is 9.97. The number of primary amides is 1. The molecule has 2 aromatic carbocycles. The van der Waals surface area contributed by atoms with Crippen LogP contribution in [0.3, 0.4) is 0 Å². The molecule has 0 radical (unpaired) electrons. The standard InChI is InChI=1S/C15H15NO/c1-11-6-8-12(9-7-11)14-5-3-2-4-13(14)10-15(16)17/h2-9H,10H2,1H3,(H2,16,17). The summed E-state index contributed by atoms with van der Waals surface area (Å²) in [4.78, 5) is 11.0. The normalized spacial score (nSPS) is 10.2. The Bertz CT molecular complexity index is 529. The maximum Gasteiger partial charge on any atom is 0.221 e. The molecule has 0 unspecified atom stereocenters. The molecule has 0 atom stereocenters. The highest BCUT2D eigenvalue weighted by Crippen LogP contribution is 2.24. The first kappa shape index (κ1) is 11.4.